The van der Waals surface area contributed by atoms with Crippen LogP contribution in [0, 0.1) is 0 Å². The number of rotatable bonds is 0. The number of fused-ring (bicyclic) bond motifs is 13. The second-order valence-electron chi connectivity index (χ2n) is 8.97. The van der Waals surface area contributed by atoms with Crippen molar-refractivity contribution in [1.82, 2.24) is 4.40 Å². The Morgan fingerprint density at radius 3 is 2.16 bits per heavy atom. The molecule has 0 N–H and O–H groups in total. The average Bonchev–Trinajstić information content (AvgIpc) is 3.52. The Kier molecular flexibility index (Phi) is 2.80. The van der Waals surface area contributed by atoms with E-state index in [1.807, 2.05) is 0 Å². The van der Waals surface area contributed by atoms with Gasteiger partial charge in [-0.05, 0) is 87.0 Å². The standard InChI is InChI=1S/C30H19N/c1-4-9-22-18(6-1)14-20-16-29-26(17-25(20)22)24-12-11-23-21-8-3-2-7-19(21)15-27(23)30(24)28-10-5-13-31(28)29/h1-13,16-17H,14-15H2. The molecular weight excluding hydrogens is 374 g/mol. The lowest BCUT2D eigenvalue weighted by atomic mass is 9.94. The van der Waals surface area contributed by atoms with Gasteiger partial charge in [0.05, 0.1) is 11.0 Å². The van der Waals surface area contributed by atoms with Crippen LogP contribution in [0.25, 0.3) is 49.4 Å². The molecule has 0 fully saturated rings. The summed E-state index contributed by atoms with van der Waals surface area (Å²) in [6.45, 7) is 0. The molecule has 2 aromatic heterocycles. The van der Waals surface area contributed by atoms with Gasteiger partial charge in [-0.25, -0.2) is 0 Å². The minimum absolute atomic E-state index is 1.02. The lowest BCUT2D eigenvalue weighted by Gasteiger charge is -2.15. The van der Waals surface area contributed by atoms with Gasteiger partial charge >= 0.3 is 0 Å². The van der Waals surface area contributed by atoms with E-state index >= 15 is 0 Å². The highest BCUT2D eigenvalue weighted by atomic mass is 14.9. The van der Waals surface area contributed by atoms with Crippen molar-refractivity contribution in [1.29, 1.82) is 0 Å². The third kappa shape index (κ3) is 1.92. The summed E-state index contributed by atoms with van der Waals surface area (Å²) in [4.78, 5) is 0. The summed E-state index contributed by atoms with van der Waals surface area (Å²) < 4.78 is 2.41. The maximum absolute atomic E-state index is 2.45. The zero-order valence-corrected chi connectivity index (χ0v) is 17.0. The van der Waals surface area contributed by atoms with E-state index in [2.05, 4.69) is 95.5 Å². The lowest BCUT2D eigenvalue weighted by molar-refractivity contribution is 1.24. The van der Waals surface area contributed by atoms with Gasteiger partial charge in [-0.2, -0.15) is 0 Å². The van der Waals surface area contributed by atoms with Gasteiger partial charge in [0.2, 0.25) is 0 Å². The number of pyridine rings is 1. The summed E-state index contributed by atoms with van der Waals surface area (Å²) in [7, 11) is 0. The van der Waals surface area contributed by atoms with Gasteiger partial charge in [0, 0.05) is 17.0 Å². The second kappa shape index (κ2) is 5.44. The van der Waals surface area contributed by atoms with E-state index in [9.17, 15) is 0 Å². The highest BCUT2D eigenvalue weighted by molar-refractivity contribution is 6.17. The number of nitrogens with zero attached hydrogens (tertiary/aromatic N) is 1. The van der Waals surface area contributed by atoms with Crippen LogP contribution < -0.4 is 0 Å². The predicted octanol–water partition coefficient (Wildman–Crippen LogP) is 7.39. The van der Waals surface area contributed by atoms with Gasteiger partial charge in [0.15, 0.2) is 0 Å². The molecule has 31 heavy (non-hydrogen) atoms. The molecule has 0 amide bonds. The Labute approximate surface area is 180 Å². The first kappa shape index (κ1) is 15.9. The van der Waals surface area contributed by atoms with E-state index in [0.29, 0.717) is 0 Å². The summed E-state index contributed by atoms with van der Waals surface area (Å²) in [5, 5.41) is 4.14. The Morgan fingerprint density at radius 2 is 1.29 bits per heavy atom. The van der Waals surface area contributed by atoms with Crippen LogP contribution in [0.4, 0.5) is 0 Å². The molecule has 6 aromatic rings. The molecule has 1 nitrogen and oxygen atoms in total. The fourth-order valence-corrected chi connectivity index (χ4v) is 6.11. The zero-order valence-electron chi connectivity index (χ0n) is 17.0. The normalized spacial score (nSPS) is 13.5. The van der Waals surface area contributed by atoms with Crippen molar-refractivity contribution in [3.05, 3.63) is 113 Å². The van der Waals surface area contributed by atoms with Crippen LogP contribution in [0.1, 0.15) is 22.3 Å². The Morgan fingerprint density at radius 1 is 0.516 bits per heavy atom. The quantitative estimate of drug-likeness (QED) is 0.237. The maximum atomic E-state index is 2.45. The monoisotopic (exact) mass is 393 g/mol. The van der Waals surface area contributed by atoms with Crippen LogP contribution in [0.5, 0.6) is 0 Å². The number of benzene rings is 4. The average molecular weight is 393 g/mol. The van der Waals surface area contributed by atoms with E-state index in [1.165, 1.54) is 71.7 Å². The van der Waals surface area contributed by atoms with Crippen LogP contribution in [0.15, 0.2) is 91.1 Å². The van der Waals surface area contributed by atoms with E-state index in [-0.39, 0.29) is 0 Å². The van der Waals surface area contributed by atoms with Crippen molar-refractivity contribution >= 4 is 27.2 Å². The molecule has 144 valence electrons. The number of hydrogen-bond donors (Lipinski definition) is 0. The van der Waals surface area contributed by atoms with Gasteiger partial charge in [-0.15, -0.1) is 0 Å². The summed E-state index contributed by atoms with van der Waals surface area (Å²) in [6.07, 6.45) is 4.28. The molecule has 0 spiro atoms. The molecule has 2 heterocycles. The van der Waals surface area contributed by atoms with Crippen molar-refractivity contribution < 1.29 is 0 Å². The minimum Gasteiger partial charge on any atom is -0.316 e. The first-order chi connectivity index (χ1) is 15.4. The van der Waals surface area contributed by atoms with E-state index in [1.54, 1.807) is 0 Å². The fraction of sp³-hybridized carbons (Fsp3) is 0.0667. The molecule has 2 aliphatic carbocycles. The smallest absolute Gasteiger partial charge is 0.0538 e. The third-order valence-electron chi connectivity index (χ3n) is 7.45. The highest BCUT2D eigenvalue weighted by Gasteiger charge is 2.24. The van der Waals surface area contributed by atoms with E-state index < -0.39 is 0 Å². The van der Waals surface area contributed by atoms with Crippen molar-refractivity contribution in [2.45, 2.75) is 12.8 Å². The van der Waals surface area contributed by atoms with E-state index in [0.717, 1.165) is 12.8 Å². The number of aromatic nitrogens is 1. The van der Waals surface area contributed by atoms with Crippen LogP contribution in [-0.2, 0) is 12.8 Å². The zero-order chi connectivity index (χ0) is 20.1. The summed E-state index contributed by atoms with van der Waals surface area (Å²) >= 11 is 0. The Hall–Kier alpha value is -3.84. The fourth-order valence-electron chi connectivity index (χ4n) is 6.11. The SMILES string of the molecule is c1ccc2c(c1)Cc1cc3c(cc1-2)c1ccc2c(c1c1cccn31)Cc1ccccc1-2. The third-order valence-corrected chi connectivity index (χ3v) is 7.45. The highest BCUT2D eigenvalue weighted by Crippen LogP contribution is 2.45. The summed E-state index contributed by atoms with van der Waals surface area (Å²) in [5.41, 5.74) is 14.0. The van der Waals surface area contributed by atoms with E-state index in [4.69, 9.17) is 0 Å². The van der Waals surface area contributed by atoms with Crippen LogP contribution >= 0.6 is 0 Å². The van der Waals surface area contributed by atoms with Crippen molar-refractivity contribution in [2.75, 3.05) is 0 Å². The minimum atomic E-state index is 1.02. The van der Waals surface area contributed by atoms with Crippen molar-refractivity contribution in [3.8, 4) is 22.3 Å². The van der Waals surface area contributed by atoms with Crippen LogP contribution in [0.2, 0.25) is 0 Å². The van der Waals surface area contributed by atoms with Gasteiger partial charge in [0.25, 0.3) is 0 Å². The molecule has 0 radical (unpaired) electrons. The molecule has 0 atom stereocenters. The molecular formula is C30H19N. The van der Waals surface area contributed by atoms with Gasteiger partial charge in [-0.3, -0.25) is 0 Å². The largest absolute Gasteiger partial charge is 0.316 e. The second-order valence-corrected chi connectivity index (χ2v) is 8.97. The molecule has 4 aromatic carbocycles. The van der Waals surface area contributed by atoms with Crippen LogP contribution in [-0.4, -0.2) is 4.40 Å². The number of hydrogen-bond acceptors (Lipinski definition) is 0. The lowest BCUT2D eigenvalue weighted by Crippen LogP contribution is -1.95. The molecule has 0 aliphatic heterocycles. The molecule has 0 saturated carbocycles. The Bertz CT molecular complexity index is 1730. The molecule has 0 unspecified atom stereocenters. The van der Waals surface area contributed by atoms with Crippen molar-refractivity contribution in [3.63, 3.8) is 0 Å². The Balaban J connectivity index is 1.54. The maximum Gasteiger partial charge on any atom is 0.0538 e. The molecule has 8 rings (SSSR count). The van der Waals surface area contributed by atoms with Gasteiger partial charge < -0.3 is 4.40 Å². The molecule has 2 aliphatic rings. The molecule has 1 heteroatoms. The predicted molar refractivity (Wildman–Crippen MR) is 129 cm³/mol. The molecule has 0 saturated heterocycles. The first-order valence-electron chi connectivity index (χ1n) is 11.0. The molecule has 0 bridgehead atoms. The summed E-state index contributed by atoms with van der Waals surface area (Å²) in [6, 6.07) is 31.8. The van der Waals surface area contributed by atoms with Gasteiger partial charge in [0.1, 0.15) is 0 Å². The van der Waals surface area contributed by atoms with Crippen LogP contribution in [0.3, 0.4) is 0 Å². The van der Waals surface area contributed by atoms with Gasteiger partial charge in [-0.1, -0.05) is 60.7 Å². The first-order valence-corrected chi connectivity index (χ1v) is 11.0. The summed E-state index contributed by atoms with van der Waals surface area (Å²) in [5.74, 6) is 0. The van der Waals surface area contributed by atoms with Crippen molar-refractivity contribution in [2.24, 2.45) is 0 Å². The topological polar surface area (TPSA) is 4.41 Å².